The minimum Gasteiger partial charge on any atom is -0.379 e. The molecule has 0 aliphatic carbocycles. The summed E-state index contributed by atoms with van der Waals surface area (Å²) in [6.07, 6.45) is 1.76. The number of hydrogen-bond donors (Lipinski definition) is 1. The van der Waals surface area contributed by atoms with Crippen LogP contribution in [0.5, 0.6) is 0 Å². The molecule has 3 aromatic rings. The van der Waals surface area contributed by atoms with Crippen molar-refractivity contribution in [3.05, 3.63) is 76.6 Å². The van der Waals surface area contributed by atoms with Crippen LogP contribution >= 0.6 is 0 Å². The molecule has 1 fully saturated rings. The number of aromatic nitrogens is 2. The minimum atomic E-state index is -0.489. The summed E-state index contributed by atoms with van der Waals surface area (Å²) >= 11 is 0. The molecular weight excluding hydrogens is 366 g/mol. The van der Waals surface area contributed by atoms with E-state index in [0.29, 0.717) is 24.5 Å². The summed E-state index contributed by atoms with van der Waals surface area (Å²) in [5.41, 5.74) is 2.36. The molecule has 1 saturated heterocycles. The zero-order chi connectivity index (χ0) is 20.2. The highest BCUT2D eigenvalue weighted by Crippen LogP contribution is 2.32. The number of likely N-dealkylation sites (N-methyl/N-ethyl adjacent to an activating group) is 1. The number of ether oxygens (including phenoxy) is 1. The van der Waals surface area contributed by atoms with Crippen molar-refractivity contribution in [3.8, 4) is 22.4 Å². The summed E-state index contributed by atoms with van der Waals surface area (Å²) in [7, 11) is 1.73. The van der Waals surface area contributed by atoms with Gasteiger partial charge < -0.3 is 9.64 Å². The number of nitrogens with one attached hydrogen (secondary N) is 1. The molecule has 4 rings (SSSR count). The minimum absolute atomic E-state index is 0.0485. The largest absolute Gasteiger partial charge is 0.379 e. The van der Waals surface area contributed by atoms with Crippen LogP contribution < -0.4 is 5.56 Å². The smallest absolute Gasteiger partial charge is 0.277 e. The average Bonchev–Trinajstić information content (AvgIpc) is 2.79. The lowest BCUT2D eigenvalue weighted by Gasteiger charge is -2.31. The molecule has 148 valence electrons. The van der Waals surface area contributed by atoms with Gasteiger partial charge in [-0.2, -0.15) is 5.10 Å². The Hall–Kier alpha value is -3.25. The van der Waals surface area contributed by atoms with E-state index in [4.69, 9.17) is 4.74 Å². The molecule has 29 heavy (non-hydrogen) atoms. The van der Waals surface area contributed by atoms with E-state index in [1.165, 1.54) is 0 Å². The first kappa shape index (κ1) is 19.1. The first-order chi connectivity index (χ1) is 14.2. The molecule has 1 unspecified atom stereocenters. The second kappa shape index (κ2) is 8.41. The van der Waals surface area contributed by atoms with E-state index in [-0.39, 0.29) is 17.5 Å². The fourth-order valence-corrected chi connectivity index (χ4v) is 3.72. The second-order valence-electron chi connectivity index (χ2n) is 7.17. The molecule has 1 aromatic heterocycles. The number of benzene rings is 2. The monoisotopic (exact) mass is 389 g/mol. The van der Waals surface area contributed by atoms with Crippen LogP contribution in [0.25, 0.3) is 22.4 Å². The molecule has 2 heterocycles. The van der Waals surface area contributed by atoms with E-state index in [1.54, 1.807) is 11.9 Å². The molecule has 0 bridgehead atoms. The molecule has 2 aromatic carbocycles. The number of hydrogen-bond acceptors (Lipinski definition) is 4. The van der Waals surface area contributed by atoms with Gasteiger partial charge >= 0.3 is 0 Å². The van der Waals surface area contributed by atoms with Gasteiger partial charge in [0.2, 0.25) is 0 Å². The summed E-state index contributed by atoms with van der Waals surface area (Å²) in [6, 6.07) is 19.0. The van der Waals surface area contributed by atoms with Gasteiger partial charge in [0.25, 0.3) is 11.5 Å². The third-order valence-electron chi connectivity index (χ3n) is 5.31. The van der Waals surface area contributed by atoms with E-state index in [9.17, 15) is 9.59 Å². The highest BCUT2D eigenvalue weighted by Gasteiger charge is 2.29. The van der Waals surface area contributed by atoms with Crippen LogP contribution in [0, 0.1) is 0 Å². The predicted molar refractivity (Wildman–Crippen MR) is 112 cm³/mol. The zero-order valence-corrected chi connectivity index (χ0v) is 16.3. The number of carbonyl (C=O) groups excluding carboxylic acids is 1. The maximum atomic E-state index is 13.5. The van der Waals surface area contributed by atoms with E-state index < -0.39 is 5.56 Å². The van der Waals surface area contributed by atoms with Crippen molar-refractivity contribution >= 4 is 5.91 Å². The number of carbonyl (C=O) groups is 1. The van der Waals surface area contributed by atoms with E-state index >= 15 is 0 Å². The van der Waals surface area contributed by atoms with Crippen molar-refractivity contribution in [2.24, 2.45) is 0 Å². The molecule has 0 saturated carbocycles. The van der Waals surface area contributed by atoms with Crippen LogP contribution in [0.3, 0.4) is 0 Å². The number of aromatic amines is 1. The normalized spacial score (nSPS) is 16.4. The Morgan fingerprint density at radius 3 is 2.34 bits per heavy atom. The summed E-state index contributed by atoms with van der Waals surface area (Å²) in [6.45, 7) is 1.19. The molecule has 0 spiro atoms. The Bertz CT molecular complexity index is 1040. The van der Waals surface area contributed by atoms with E-state index in [1.807, 2.05) is 60.7 Å². The van der Waals surface area contributed by atoms with E-state index in [2.05, 4.69) is 10.2 Å². The van der Waals surface area contributed by atoms with Gasteiger partial charge in [0.05, 0.1) is 18.3 Å². The molecular formula is C23H23N3O3. The van der Waals surface area contributed by atoms with Crippen LogP contribution in [0.4, 0.5) is 0 Å². The van der Waals surface area contributed by atoms with Gasteiger partial charge in [0, 0.05) is 24.8 Å². The molecule has 0 radical (unpaired) electrons. The van der Waals surface area contributed by atoms with Crippen LogP contribution in [0.1, 0.15) is 23.2 Å². The first-order valence-corrected chi connectivity index (χ1v) is 9.75. The summed E-state index contributed by atoms with van der Waals surface area (Å²) in [4.78, 5) is 27.9. The Morgan fingerprint density at radius 1 is 1.07 bits per heavy atom. The highest BCUT2D eigenvalue weighted by molar-refractivity contribution is 6.03. The van der Waals surface area contributed by atoms with Gasteiger partial charge in [0.1, 0.15) is 5.56 Å². The van der Waals surface area contributed by atoms with Gasteiger partial charge in [-0.3, -0.25) is 9.59 Å². The Labute approximate surface area is 169 Å². The van der Waals surface area contributed by atoms with Gasteiger partial charge in [-0.25, -0.2) is 5.10 Å². The first-order valence-electron chi connectivity index (χ1n) is 9.75. The highest BCUT2D eigenvalue weighted by atomic mass is 16.5. The lowest BCUT2D eigenvalue weighted by Crippen LogP contribution is -2.44. The predicted octanol–water partition coefficient (Wildman–Crippen LogP) is 3.35. The topological polar surface area (TPSA) is 75.3 Å². The fraction of sp³-hybridized carbons (Fsp3) is 0.261. The van der Waals surface area contributed by atoms with Gasteiger partial charge in [-0.15, -0.1) is 0 Å². The molecule has 6 nitrogen and oxygen atoms in total. The van der Waals surface area contributed by atoms with Crippen LogP contribution in [0.2, 0.25) is 0 Å². The lowest BCUT2D eigenvalue weighted by atomic mass is 9.94. The van der Waals surface area contributed by atoms with Crippen molar-refractivity contribution in [2.75, 3.05) is 20.3 Å². The fourth-order valence-electron chi connectivity index (χ4n) is 3.72. The summed E-state index contributed by atoms with van der Waals surface area (Å²) < 4.78 is 5.54. The van der Waals surface area contributed by atoms with Crippen LogP contribution in [-0.2, 0) is 4.74 Å². The van der Waals surface area contributed by atoms with Crippen molar-refractivity contribution in [3.63, 3.8) is 0 Å². The number of H-pyrrole nitrogens is 1. The Kier molecular flexibility index (Phi) is 5.53. The third kappa shape index (κ3) is 3.84. The van der Waals surface area contributed by atoms with Crippen molar-refractivity contribution in [1.82, 2.24) is 15.1 Å². The molecule has 1 N–H and O–H groups in total. The molecule has 1 amide bonds. The molecule has 1 aliphatic heterocycles. The standard InChI is InChI=1S/C23H23N3O3/c1-26(18-13-8-14-29-15-18)23(28)20-19(16-9-4-2-5-10-16)21(24-25-22(20)27)17-11-6-3-7-12-17/h2-7,9-12,18H,8,13-15H2,1H3,(H,25,27). The Balaban J connectivity index is 1.89. The van der Waals surface area contributed by atoms with E-state index in [0.717, 1.165) is 24.0 Å². The van der Waals surface area contributed by atoms with Gasteiger partial charge in [-0.1, -0.05) is 60.7 Å². The molecule has 1 aliphatic rings. The number of rotatable bonds is 4. The average molecular weight is 389 g/mol. The SMILES string of the molecule is CN(C(=O)c1c(-c2ccccc2)c(-c2ccccc2)n[nH]c1=O)C1CCCOC1. The van der Waals surface area contributed by atoms with Gasteiger partial charge in [-0.05, 0) is 18.4 Å². The summed E-state index contributed by atoms with van der Waals surface area (Å²) in [5, 5.41) is 6.84. The number of nitrogens with zero attached hydrogens (tertiary/aromatic N) is 2. The van der Waals surface area contributed by atoms with Crippen molar-refractivity contribution in [1.29, 1.82) is 0 Å². The van der Waals surface area contributed by atoms with Crippen LogP contribution in [0.15, 0.2) is 65.5 Å². The van der Waals surface area contributed by atoms with Crippen molar-refractivity contribution < 1.29 is 9.53 Å². The van der Waals surface area contributed by atoms with Crippen molar-refractivity contribution in [2.45, 2.75) is 18.9 Å². The quantitative estimate of drug-likeness (QED) is 0.742. The maximum Gasteiger partial charge on any atom is 0.277 e. The molecule has 6 heteroatoms. The van der Waals surface area contributed by atoms with Crippen LogP contribution in [-0.4, -0.2) is 47.3 Å². The lowest BCUT2D eigenvalue weighted by molar-refractivity contribution is 0.0244. The molecule has 1 atom stereocenters. The van der Waals surface area contributed by atoms with Gasteiger partial charge in [0.15, 0.2) is 0 Å². The summed E-state index contributed by atoms with van der Waals surface area (Å²) in [5.74, 6) is -0.319. The number of amides is 1. The third-order valence-corrected chi connectivity index (χ3v) is 5.31. The zero-order valence-electron chi connectivity index (χ0n) is 16.3. The Morgan fingerprint density at radius 2 is 1.72 bits per heavy atom. The maximum absolute atomic E-state index is 13.5. The second-order valence-corrected chi connectivity index (χ2v) is 7.17.